The Morgan fingerprint density at radius 2 is 2.05 bits per heavy atom. The number of hydrogen-bond acceptors (Lipinski definition) is 7. The number of pyridine rings is 1. The van der Waals surface area contributed by atoms with E-state index in [-0.39, 0.29) is 52.4 Å². The molecule has 2 fully saturated rings. The zero-order valence-electron chi connectivity index (χ0n) is 24.6. The Balaban J connectivity index is 1.52. The number of carbonyl (C=O) groups excluding carboxylic acids is 1. The molecule has 4 aromatic rings. The molecule has 2 aromatic heterocycles. The van der Waals surface area contributed by atoms with Gasteiger partial charge in [0, 0.05) is 34.6 Å². The molecule has 1 amide bonds. The van der Waals surface area contributed by atoms with Gasteiger partial charge in [-0.15, -0.1) is 5.10 Å². The Morgan fingerprint density at radius 3 is 2.77 bits per heavy atom. The number of benzene rings is 2. The molecule has 2 aliphatic rings. The highest BCUT2D eigenvalue weighted by Crippen LogP contribution is 2.42. The minimum Gasteiger partial charge on any atom is -0.474 e. The van der Waals surface area contributed by atoms with Gasteiger partial charge in [-0.1, -0.05) is 47.1 Å². The summed E-state index contributed by atoms with van der Waals surface area (Å²) in [6.45, 7) is 7.20. The number of carbonyl (C=O) groups is 1. The third kappa shape index (κ3) is 5.27. The molecular formula is C32H32Cl2FN7O2. The Labute approximate surface area is 264 Å². The molecule has 0 radical (unpaired) electrons. The molecule has 2 aliphatic heterocycles. The second kappa shape index (κ2) is 12.3. The van der Waals surface area contributed by atoms with Crippen LogP contribution >= 0.6 is 23.2 Å². The van der Waals surface area contributed by atoms with Crippen molar-refractivity contribution in [3.8, 4) is 23.1 Å². The molecule has 4 heterocycles. The van der Waals surface area contributed by atoms with Gasteiger partial charge in [-0.05, 0) is 75.5 Å². The molecule has 9 nitrogen and oxygen atoms in total. The molecule has 0 saturated carbocycles. The van der Waals surface area contributed by atoms with Crippen molar-refractivity contribution in [2.24, 2.45) is 0 Å². The minimum atomic E-state index is -0.593. The minimum absolute atomic E-state index is 0.0856. The first kappa shape index (κ1) is 30.3. The topological polar surface area (TPSA) is 100 Å². The van der Waals surface area contributed by atoms with Crippen LogP contribution in [0, 0.1) is 24.1 Å². The first-order valence-corrected chi connectivity index (χ1v) is 15.4. The predicted octanol–water partition coefficient (Wildman–Crippen LogP) is 6.51. The van der Waals surface area contributed by atoms with Crippen LogP contribution < -0.4 is 4.74 Å². The van der Waals surface area contributed by atoms with Crippen LogP contribution in [0.1, 0.15) is 43.7 Å². The lowest BCUT2D eigenvalue weighted by Gasteiger charge is -2.38. The summed E-state index contributed by atoms with van der Waals surface area (Å²) in [7, 11) is 2.06. The SMILES string of the molecule is C=CC(=O)N1CC[C@H](n2nnc3c(OC[C@@H]4CCCN4C)nc4c(F)c(-c5cccc(Cl)c5C)c(Cl)cc4c32)C[C@H]1CC#N. The van der Waals surface area contributed by atoms with Crippen LogP contribution in [-0.4, -0.2) is 74.5 Å². The average Bonchev–Trinajstić information content (AvgIpc) is 3.65. The van der Waals surface area contributed by atoms with Crippen LogP contribution in [0.15, 0.2) is 36.9 Å². The van der Waals surface area contributed by atoms with Gasteiger partial charge < -0.3 is 14.5 Å². The van der Waals surface area contributed by atoms with Gasteiger partial charge in [-0.25, -0.2) is 14.1 Å². The number of piperidine rings is 1. The molecule has 12 heteroatoms. The van der Waals surface area contributed by atoms with Crippen molar-refractivity contribution in [1.82, 2.24) is 29.8 Å². The summed E-state index contributed by atoms with van der Waals surface area (Å²) >= 11 is 13.2. The first-order chi connectivity index (χ1) is 21.2. The average molecular weight is 637 g/mol. The lowest BCUT2D eigenvalue weighted by atomic mass is 9.94. The largest absolute Gasteiger partial charge is 0.474 e. The summed E-state index contributed by atoms with van der Waals surface area (Å²) in [5.41, 5.74) is 2.52. The maximum atomic E-state index is 16.7. The van der Waals surface area contributed by atoms with Gasteiger partial charge >= 0.3 is 0 Å². The van der Waals surface area contributed by atoms with E-state index in [4.69, 9.17) is 27.9 Å². The second-order valence-electron chi connectivity index (χ2n) is 11.5. The number of nitrogens with zero attached hydrogens (tertiary/aromatic N) is 7. The summed E-state index contributed by atoms with van der Waals surface area (Å²) in [4.78, 5) is 21.1. The van der Waals surface area contributed by atoms with E-state index in [1.165, 1.54) is 6.08 Å². The van der Waals surface area contributed by atoms with E-state index in [1.807, 2.05) is 6.92 Å². The Kier molecular flexibility index (Phi) is 8.46. The smallest absolute Gasteiger partial charge is 0.246 e. The standard InChI is InChI=1S/C32H32Cl2FN7O2/c1-4-26(43)41-14-11-20(15-19(41)10-12-36)42-31-23-16-25(34)27(22-8-5-9-24(33)18(22)2)28(35)29(23)37-32(30(31)38-39-42)44-17-21-7-6-13-40(21)3/h4-5,8-9,16,19-21H,1,6-7,10-11,13-15,17H2,2-3H3/t19-,20+,21+/m1/s1. The van der Waals surface area contributed by atoms with Crippen LogP contribution in [0.25, 0.3) is 33.1 Å². The summed E-state index contributed by atoms with van der Waals surface area (Å²) in [6.07, 6.45) is 4.52. The van der Waals surface area contributed by atoms with E-state index in [0.717, 1.165) is 19.4 Å². The lowest BCUT2D eigenvalue weighted by molar-refractivity contribution is -0.130. The number of ether oxygens (including phenoxy) is 1. The number of halogens is 3. The molecule has 0 aliphatic carbocycles. The summed E-state index contributed by atoms with van der Waals surface area (Å²) in [5.74, 6) is -0.613. The Bertz CT molecular complexity index is 1820. The molecule has 2 aromatic carbocycles. The summed E-state index contributed by atoms with van der Waals surface area (Å²) < 4.78 is 24.7. The molecule has 3 atom stereocenters. The zero-order valence-corrected chi connectivity index (χ0v) is 26.1. The van der Waals surface area contributed by atoms with Gasteiger partial charge in [0.2, 0.25) is 11.8 Å². The number of amides is 1. The third-order valence-corrected chi connectivity index (χ3v) is 9.71. The molecule has 0 N–H and O–H groups in total. The summed E-state index contributed by atoms with van der Waals surface area (Å²) in [5, 5.41) is 19.7. The van der Waals surface area contributed by atoms with Crippen molar-refractivity contribution >= 4 is 51.0 Å². The van der Waals surface area contributed by atoms with E-state index < -0.39 is 5.82 Å². The van der Waals surface area contributed by atoms with Crippen molar-refractivity contribution in [2.75, 3.05) is 26.7 Å². The number of nitriles is 1. The molecule has 228 valence electrons. The van der Waals surface area contributed by atoms with E-state index in [1.54, 1.807) is 33.8 Å². The van der Waals surface area contributed by atoms with E-state index >= 15 is 4.39 Å². The van der Waals surface area contributed by atoms with Crippen molar-refractivity contribution in [3.63, 3.8) is 0 Å². The van der Waals surface area contributed by atoms with Crippen LogP contribution in [0.3, 0.4) is 0 Å². The highest BCUT2D eigenvalue weighted by molar-refractivity contribution is 6.35. The predicted molar refractivity (Wildman–Crippen MR) is 168 cm³/mol. The monoisotopic (exact) mass is 635 g/mol. The van der Waals surface area contributed by atoms with Crippen molar-refractivity contribution in [3.05, 3.63) is 58.3 Å². The second-order valence-corrected chi connectivity index (χ2v) is 12.3. The van der Waals surface area contributed by atoms with Crippen molar-refractivity contribution in [2.45, 2.75) is 57.2 Å². The number of likely N-dealkylation sites (N-methyl/N-ethyl adjacent to an activating group) is 1. The van der Waals surface area contributed by atoms with Crippen molar-refractivity contribution in [1.29, 1.82) is 5.26 Å². The fourth-order valence-corrected chi connectivity index (χ4v) is 7.01. The van der Waals surface area contributed by atoms with E-state index in [0.29, 0.717) is 58.6 Å². The van der Waals surface area contributed by atoms with Gasteiger partial charge in [0.15, 0.2) is 11.3 Å². The van der Waals surface area contributed by atoms with Gasteiger partial charge in [0.05, 0.1) is 23.6 Å². The fourth-order valence-electron chi connectivity index (χ4n) is 6.55. The Morgan fingerprint density at radius 1 is 1.23 bits per heavy atom. The zero-order chi connectivity index (χ0) is 31.1. The van der Waals surface area contributed by atoms with Crippen molar-refractivity contribution < 1.29 is 13.9 Å². The molecule has 0 bridgehead atoms. The highest BCUT2D eigenvalue weighted by atomic mass is 35.5. The van der Waals surface area contributed by atoms with Gasteiger partial charge in [-0.2, -0.15) is 5.26 Å². The normalized spacial score (nSPS) is 20.7. The highest BCUT2D eigenvalue weighted by Gasteiger charge is 2.34. The quantitative estimate of drug-likeness (QED) is 0.214. The molecule has 44 heavy (non-hydrogen) atoms. The van der Waals surface area contributed by atoms with Gasteiger partial charge in [0.1, 0.15) is 17.6 Å². The number of likely N-dealkylation sites (tertiary alicyclic amines) is 2. The van der Waals surface area contributed by atoms with Gasteiger partial charge in [0.25, 0.3) is 0 Å². The molecule has 6 rings (SSSR count). The molecule has 2 saturated heterocycles. The van der Waals surface area contributed by atoms with Crippen LogP contribution in [-0.2, 0) is 4.79 Å². The molecule has 0 unspecified atom stereocenters. The van der Waals surface area contributed by atoms with E-state index in [9.17, 15) is 10.1 Å². The van der Waals surface area contributed by atoms with E-state index in [2.05, 4.69) is 39.9 Å². The third-order valence-electron chi connectivity index (χ3n) is 9.00. The molecular weight excluding hydrogens is 604 g/mol. The number of fused-ring (bicyclic) bond motifs is 3. The number of hydrogen-bond donors (Lipinski definition) is 0. The lowest BCUT2D eigenvalue weighted by Crippen LogP contribution is -2.45. The van der Waals surface area contributed by atoms with Crippen LogP contribution in [0.4, 0.5) is 4.39 Å². The maximum Gasteiger partial charge on any atom is 0.246 e. The maximum absolute atomic E-state index is 16.7. The summed E-state index contributed by atoms with van der Waals surface area (Å²) in [6, 6.07) is 8.84. The van der Waals surface area contributed by atoms with Gasteiger partial charge in [-0.3, -0.25) is 4.79 Å². The van der Waals surface area contributed by atoms with Crippen LogP contribution in [0.5, 0.6) is 5.88 Å². The van der Waals surface area contributed by atoms with Crippen LogP contribution in [0.2, 0.25) is 10.0 Å². The fraction of sp³-hybridized carbons (Fsp3) is 0.406. The number of aromatic nitrogens is 4. The number of rotatable bonds is 7. The first-order valence-electron chi connectivity index (χ1n) is 14.7. The Hall–Kier alpha value is -3.78. The molecule has 0 spiro atoms.